The van der Waals surface area contributed by atoms with Gasteiger partial charge in [-0.2, -0.15) is 0 Å². The fourth-order valence-electron chi connectivity index (χ4n) is 8.46. The van der Waals surface area contributed by atoms with Crippen LogP contribution in [0.1, 0.15) is 11.5 Å². The van der Waals surface area contributed by atoms with Crippen molar-refractivity contribution in [3.8, 4) is 44.5 Å². The molecule has 0 bridgehead atoms. The van der Waals surface area contributed by atoms with Crippen molar-refractivity contribution in [2.75, 3.05) is 9.80 Å². The van der Waals surface area contributed by atoms with Gasteiger partial charge < -0.3 is 9.80 Å². The lowest BCUT2D eigenvalue weighted by atomic mass is 9.91. The molecule has 0 saturated carbocycles. The Kier molecular flexibility index (Phi) is 8.70. The number of fused-ring (bicyclic) bond motifs is 3. The first-order valence-electron chi connectivity index (χ1n) is 19.4. The smallest absolute Gasteiger partial charge is 0.0629 e. The maximum absolute atomic E-state index is 2.53. The van der Waals surface area contributed by atoms with Gasteiger partial charge in [0.05, 0.1) is 6.04 Å². The molecule has 1 aliphatic heterocycles. The highest BCUT2D eigenvalue weighted by Crippen LogP contribution is 2.50. The summed E-state index contributed by atoms with van der Waals surface area (Å²) in [6.07, 6.45) is 9.05. The molecule has 8 aromatic carbocycles. The van der Waals surface area contributed by atoms with Crippen molar-refractivity contribution in [1.82, 2.24) is 0 Å². The first-order chi connectivity index (χ1) is 27.8. The summed E-state index contributed by atoms with van der Waals surface area (Å²) in [4.78, 5) is 4.86. The van der Waals surface area contributed by atoms with Crippen LogP contribution < -0.4 is 9.80 Å². The van der Waals surface area contributed by atoms with Crippen molar-refractivity contribution >= 4 is 28.4 Å². The number of nitrogens with zero attached hydrogens (tertiary/aromatic N) is 2. The third-order valence-corrected chi connectivity index (χ3v) is 11.2. The number of para-hydroxylation sites is 2. The summed E-state index contributed by atoms with van der Waals surface area (Å²) in [7, 11) is 0. The van der Waals surface area contributed by atoms with Gasteiger partial charge in [-0.1, -0.05) is 182 Å². The summed E-state index contributed by atoms with van der Waals surface area (Å²) >= 11 is 0. The molecule has 0 N–H and O–H groups in total. The van der Waals surface area contributed by atoms with Crippen molar-refractivity contribution in [2.24, 2.45) is 0 Å². The summed E-state index contributed by atoms with van der Waals surface area (Å²) in [6.45, 7) is 0. The van der Waals surface area contributed by atoms with E-state index < -0.39 is 0 Å². The van der Waals surface area contributed by atoms with Gasteiger partial charge in [0.25, 0.3) is 0 Å². The zero-order valence-corrected chi connectivity index (χ0v) is 31.0. The molecule has 8 aromatic rings. The Hall–Kier alpha value is -7.16. The van der Waals surface area contributed by atoms with Crippen LogP contribution in [0.25, 0.3) is 44.5 Å². The Labute approximate surface area is 329 Å². The van der Waals surface area contributed by atoms with Gasteiger partial charge in [-0.3, -0.25) is 0 Å². The summed E-state index contributed by atoms with van der Waals surface area (Å²) in [6, 6.07) is 74.8. The van der Waals surface area contributed by atoms with Crippen LogP contribution in [0.2, 0.25) is 0 Å². The molecule has 2 heteroatoms. The highest BCUT2D eigenvalue weighted by atomic mass is 15.2. The van der Waals surface area contributed by atoms with Gasteiger partial charge in [0, 0.05) is 39.9 Å². The van der Waals surface area contributed by atoms with Gasteiger partial charge in [-0.05, 0) is 93.0 Å². The normalized spacial score (nSPS) is 15.3. The monoisotopic (exact) mass is 716 g/mol. The number of anilines is 5. The Morgan fingerprint density at radius 2 is 0.714 bits per heavy atom. The first-order valence-corrected chi connectivity index (χ1v) is 19.4. The molecule has 56 heavy (non-hydrogen) atoms. The molecule has 2 atom stereocenters. The minimum Gasteiger partial charge on any atom is -0.333 e. The molecule has 0 fully saturated rings. The topological polar surface area (TPSA) is 6.48 Å². The largest absolute Gasteiger partial charge is 0.333 e. The van der Waals surface area contributed by atoms with E-state index in [-0.39, 0.29) is 6.04 Å². The second kappa shape index (κ2) is 14.6. The van der Waals surface area contributed by atoms with Crippen LogP contribution in [0.5, 0.6) is 0 Å². The van der Waals surface area contributed by atoms with Crippen molar-refractivity contribution in [3.63, 3.8) is 0 Å². The molecular formula is C54H40N2. The quantitative estimate of drug-likeness (QED) is 0.154. The van der Waals surface area contributed by atoms with E-state index in [2.05, 4.69) is 240 Å². The SMILES string of the molecule is C1=CC2c3ccccc3N(c3ccccc3-c3ccc(-c4ccc(N(c5ccc(-c6ccccc6)cc5)c5ccc(-c6ccccc6)cc5)cc4)cc3)C2C=C1. The molecule has 10 rings (SSSR count). The van der Waals surface area contributed by atoms with E-state index in [0.29, 0.717) is 5.92 Å². The van der Waals surface area contributed by atoms with Crippen molar-refractivity contribution < 1.29 is 0 Å². The number of hydrogen-bond acceptors (Lipinski definition) is 2. The zero-order valence-electron chi connectivity index (χ0n) is 31.0. The van der Waals surface area contributed by atoms with Crippen LogP contribution in [0.15, 0.2) is 231 Å². The highest BCUT2D eigenvalue weighted by molar-refractivity contribution is 5.87. The fraction of sp³-hybridized carbons (Fsp3) is 0.0370. The second-order valence-corrected chi connectivity index (χ2v) is 14.5. The third kappa shape index (κ3) is 6.22. The predicted octanol–water partition coefficient (Wildman–Crippen LogP) is 14.6. The van der Waals surface area contributed by atoms with E-state index in [4.69, 9.17) is 0 Å². The van der Waals surface area contributed by atoms with Crippen molar-refractivity contribution in [3.05, 3.63) is 236 Å². The molecule has 0 radical (unpaired) electrons. The molecule has 0 amide bonds. The van der Waals surface area contributed by atoms with Crippen LogP contribution in [0.3, 0.4) is 0 Å². The van der Waals surface area contributed by atoms with Gasteiger partial charge in [0.15, 0.2) is 0 Å². The molecule has 2 aliphatic rings. The Balaban J connectivity index is 0.957. The summed E-state index contributed by atoms with van der Waals surface area (Å²) in [5.41, 5.74) is 16.9. The molecule has 1 heterocycles. The Bertz CT molecular complexity index is 2580. The van der Waals surface area contributed by atoms with Crippen LogP contribution in [0.4, 0.5) is 28.4 Å². The Morgan fingerprint density at radius 1 is 0.321 bits per heavy atom. The lowest BCUT2D eigenvalue weighted by Gasteiger charge is -2.30. The van der Waals surface area contributed by atoms with Crippen LogP contribution in [0, 0.1) is 0 Å². The van der Waals surface area contributed by atoms with E-state index in [0.717, 1.165) is 17.1 Å². The van der Waals surface area contributed by atoms with Crippen LogP contribution >= 0.6 is 0 Å². The lowest BCUT2D eigenvalue weighted by Crippen LogP contribution is -2.28. The average molecular weight is 717 g/mol. The minimum absolute atomic E-state index is 0.263. The Morgan fingerprint density at radius 3 is 1.25 bits per heavy atom. The van der Waals surface area contributed by atoms with Gasteiger partial charge in [0.1, 0.15) is 0 Å². The fourth-order valence-corrected chi connectivity index (χ4v) is 8.46. The van der Waals surface area contributed by atoms with E-state index in [1.165, 1.54) is 61.4 Å². The molecule has 2 nitrogen and oxygen atoms in total. The van der Waals surface area contributed by atoms with E-state index in [1.54, 1.807) is 0 Å². The zero-order chi connectivity index (χ0) is 37.3. The first kappa shape index (κ1) is 33.4. The predicted molar refractivity (Wildman–Crippen MR) is 236 cm³/mol. The molecule has 0 aromatic heterocycles. The highest BCUT2D eigenvalue weighted by Gasteiger charge is 2.37. The van der Waals surface area contributed by atoms with Crippen molar-refractivity contribution in [2.45, 2.75) is 12.0 Å². The number of rotatable bonds is 8. The lowest BCUT2D eigenvalue weighted by molar-refractivity contribution is 0.745. The standard InChI is InChI=1S/C54H40N2/c1-3-13-39(14-4-1)42-27-33-46(34-28-42)55(47-35-29-43(30-36-47)40-15-5-2-6-16-40)48-37-31-44(32-38-48)41-23-25-45(26-24-41)49-17-7-10-20-52(49)56-53-21-11-8-18-50(53)51-19-9-12-22-54(51)56/h1-38,50,53H. The maximum atomic E-state index is 2.53. The molecule has 1 aliphatic carbocycles. The van der Waals surface area contributed by atoms with Crippen molar-refractivity contribution in [1.29, 1.82) is 0 Å². The molecule has 0 spiro atoms. The van der Waals surface area contributed by atoms with E-state index in [1.807, 2.05) is 0 Å². The minimum atomic E-state index is 0.263. The van der Waals surface area contributed by atoms with E-state index >= 15 is 0 Å². The molecule has 2 unspecified atom stereocenters. The summed E-state index contributed by atoms with van der Waals surface area (Å²) < 4.78 is 0. The second-order valence-electron chi connectivity index (χ2n) is 14.5. The number of benzene rings is 8. The van der Waals surface area contributed by atoms with Gasteiger partial charge in [-0.25, -0.2) is 0 Å². The van der Waals surface area contributed by atoms with Gasteiger partial charge >= 0.3 is 0 Å². The summed E-state index contributed by atoms with van der Waals surface area (Å²) in [5.74, 6) is 0.354. The summed E-state index contributed by atoms with van der Waals surface area (Å²) in [5, 5.41) is 0. The average Bonchev–Trinajstić information content (AvgIpc) is 3.62. The molecular weight excluding hydrogens is 677 g/mol. The maximum Gasteiger partial charge on any atom is 0.0629 e. The van der Waals surface area contributed by atoms with Gasteiger partial charge in [-0.15, -0.1) is 0 Å². The number of allylic oxidation sites excluding steroid dienone is 2. The van der Waals surface area contributed by atoms with Gasteiger partial charge in [0.2, 0.25) is 0 Å². The number of hydrogen-bond donors (Lipinski definition) is 0. The van der Waals surface area contributed by atoms with E-state index in [9.17, 15) is 0 Å². The molecule has 0 saturated heterocycles. The molecule has 266 valence electrons. The third-order valence-electron chi connectivity index (χ3n) is 11.2. The van der Waals surface area contributed by atoms with Crippen LogP contribution in [-0.2, 0) is 0 Å². The van der Waals surface area contributed by atoms with Crippen LogP contribution in [-0.4, -0.2) is 6.04 Å².